The molecule has 0 spiro atoms. The second-order valence-electron chi connectivity index (χ2n) is 6.70. The number of carbonyl (C=O) groups excluding carboxylic acids is 2. The smallest absolute Gasteiger partial charge is 0.419 e. The molecule has 0 atom stereocenters. The fraction of sp³-hybridized carbons (Fsp3) is 0.217. The molecule has 0 aliphatic carbocycles. The van der Waals surface area contributed by atoms with Crippen LogP contribution in [0, 0.1) is 0 Å². The quantitative estimate of drug-likeness (QED) is 0.184. The maximum Gasteiger partial charge on any atom is 0.587 e. The molecule has 8 nitrogen and oxygen atoms in total. The topological polar surface area (TPSA) is 97.4 Å². The molecule has 0 fully saturated rings. The molecule has 0 unspecified atom stereocenters. The molecule has 0 radical (unpaired) electrons. The van der Waals surface area contributed by atoms with Crippen molar-refractivity contribution in [3.8, 4) is 23.0 Å². The summed E-state index contributed by atoms with van der Waals surface area (Å²) in [7, 11) is -4.30. The number of hydrogen-bond donors (Lipinski definition) is 0. The first kappa shape index (κ1) is 24.9. The summed E-state index contributed by atoms with van der Waals surface area (Å²) in [5.41, 5.74) is 0.351. The fourth-order valence-electron chi connectivity index (χ4n) is 2.11. The van der Waals surface area contributed by atoms with E-state index in [4.69, 9.17) is 23.0 Å². The van der Waals surface area contributed by atoms with E-state index < -0.39 is 19.8 Å². The van der Waals surface area contributed by atoms with Crippen LogP contribution in [0.25, 0.3) is 0 Å². The van der Waals surface area contributed by atoms with Gasteiger partial charge in [0.05, 0.1) is 6.61 Å². The number of esters is 2. The van der Waals surface area contributed by atoms with Crippen molar-refractivity contribution in [1.29, 1.82) is 0 Å². The Bertz CT molecular complexity index is 982. The summed E-state index contributed by atoms with van der Waals surface area (Å²) in [5, 5.41) is 0. The molecule has 0 aliphatic rings. The van der Waals surface area contributed by atoms with Gasteiger partial charge in [0, 0.05) is 11.1 Å². The van der Waals surface area contributed by atoms with Gasteiger partial charge in [0.2, 0.25) is 0 Å². The minimum Gasteiger partial charge on any atom is -0.419 e. The number of carbonyl (C=O) groups is 2. The first-order valence-electron chi connectivity index (χ1n) is 9.72. The molecule has 2 rings (SSSR count). The Balaban J connectivity index is 2.36. The molecule has 32 heavy (non-hydrogen) atoms. The standard InChI is InChI=1S/C23H25O8P/c1-6-15-27-32(26,30-20-13-9-7-11-18(20)28-22(24)16(2)3)31-21-14-10-8-12-19(21)29-23(25)17(4)5/h7-14H,2,4,6,15H2,1,3,5H3. The van der Waals surface area contributed by atoms with E-state index in [0.717, 1.165) is 0 Å². The van der Waals surface area contributed by atoms with E-state index in [1.165, 1.54) is 38.1 Å². The van der Waals surface area contributed by atoms with E-state index >= 15 is 0 Å². The van der Waals surface area contributed by atoms with Gasteiger partial charge < -0.3 is 18.5 Å². The van der Waals surface area contributed by atoms with E-state index in [-0.39, 0.29) is 40.8 Å². The van der Waals surface area contributed by atoms with Crippen LogP contribution in [0.2, 0.25) is 0 Å². The predicted molar refractivity (Wildman–Crippen MR) is 119 cm³/mol. The van der Waals surface area contributed by atoms with Crippen LogP contribution >= 0.6 is 7.82 Å². The van der Waals surface area contributed by atoms with Crippen molar-refractivity contribution in [3.05, 3.63) is 72.8 Å². The molecule has 0 N–H and O–H groups in total. The molecule has 9 heteroatoms. The van der Waals surface area contributed by atoms with Gasteiger partial charge in [-0.3, -0.25) is 4.52 Å². The first-order valence-corrected chi connectivity index (χ1v) is 11.2. The SMILES string of the molecule is C=C(C)C(=O)Oc1ccccc1OP(=O)(OCCC)Oc1ccccc1OC(=O)C(=C)C. The van der Waals surface area contributed by atoms with Gasteiger partial charge in [0.15, 0.2) is 23.0 Å². The van der Waals surface area contributed by atoms with Gasteiger partial charge in [0.1, 0.15) is 0 Å². The number of benzene rings is 2. The van der Waals surface area contributed by atoms with E-state index in [2.05, 4.69) is 13.2 Å². The molecule has 0 heterocycles. The normalized spacial score (nSPS) is 10.7. The average Bonchev–Trinajstić information content (AvgIpc) is 2.75. The van der Waals surface area contributed by atoms with Crippen LogP contribution in [0.1, 0.15) is 27.2 Å². The molecule has 0 amide bonds. The summed E-state index contributed by atoms with van der Waals surface area (Å²) in [6.45, 7) is 11.9. The number of phosphoric acid groups is 1. The van der Waals surface area contributed by atoms with E-state index in [1.54, 1.807) is 24.3 Å². The third kappa shape index (κ3) is 7.11. The van der Waals surface area contributed by atoms with Gasteiger partial charge in [-0.05, 0) is 44.5 Å². The van der Waals surface area contributed by atoms with Gasteiger partial charge in [-0.15, -0.1) is 0 Å². The first-order chi connectivity index (χ1) is 15.1. The van der Waals surface area contributed by atoms with Crippen LogP contribution in [-0.4, -0.2) is 18.5 Å². The second-order valence-corrected chi connectivity index (χ2v) is 8.21. The third-order valence-corrected chi connectivity index (χ3v) is 5.01. The molecule has 0 aliphatic heterocycles. The van der Waals surface area contributed by atoms with Gasteiger partial charge >= 0.3 is 19.8 Å². The van der Waals surface area contributed by atoms with E-state index in [1.807, 2.05) is 6.92 Å². The van der Waals surface area contributed by atoms with Gasteiger partial charge in [0.25, 0.3) is 0 Å². The lowest BCUT2D eigenvalue weighted by Crippen LogP contribution is -2.12. The van der Waals surface area contributed by atoms with Gasteiger partial charge in [-0.1, -0.05) is 44.3 Å². The van der Waals surface area contributed by atoms with Crippen LogP contribution in [0.5, 0.6) is 23.0 Å². The van der Waals surface area contributed by atoms with Crippen LogP contribution in [0.3, 0.4) is 0 Å². The minimum atomic E-state index is -4.30. The molecule has 0 saturated heterocycles. The molecule has 170 valence electrons. The number of phosphoric ester groups is 1. The Labute approximate surface area is 187 Å². The summed E-state index contributed by atoms with van der Waals surface area (Å²) in [4.78, 5) is 23.9. The predicted octanol–water partition coefficient (Wildman–Crippen LogP) is 5.64. The highest BCUT2D eigenvalue weighted by Gasteiger charge is 2.33. The zero-order valence-corrected chi connectivity index (χ0v) is 19.1. The summed E-state index contributed by atoms with van der Waals surface area (Å²) < 4.78 is 40.5. The highest BCUT2D eigenvalue weighted by Crippen LogP contribution is 2.53. The molecule has 2 aromatic rings. The minimum absolute atomic E-state index is 0.00594. The molecular weight excluding hydrogens is 435 g/mol. The van der Waals surface area contributed by atoms with Crippen molar-refractivity contribution in [2.45, 2.75) is 27.2 Å². The third-order valence-electron chi connectivity index (χ3n) is 3.67. The van der Waals surface area contributed by atoms with E-state index in [9.17, 15) is 14.2 Å². The van der Waals surface area contributed by atoms with Crippen LogP contribution in [-0.2, 0) is 18.7 Å². The highest BCUT2D eigenvalue weighted by molar-refractivity contribution is 7.49. The fourth-order valence-corrected chi connectivity index (χ4v) is 3.44. The average molecular weight is 460 g/mol. The Morgan fingerprint density at radius 2 is 1.16 bits per heavy atom. The summed E-state index contributed by atoms with van der Waals surface area (Å²) in [6, 6.07) is 12.2. The van der Waals surface area contributed by atoms with Crippen LogP contribution in [0.4, 0.5) is 0 Å². The van der Waals surface area contributed by atoms with Crippen molar-refractivity contribution in [2.75, 3.05) is 6.61 Å². The lowest BCUT2D eigenvalue weighted by molar-refractivity contribution is -0.131. The molecule has 0 aromatic heterocycles. The Morgan fingerprint density at radius 1 is 0.781 bits per heavy atom. The Hall–Kier alpha value is -3.35. The number of ether oxygens (including phenoxy) is 2. The molecular formula is C23H25O8P. The van der Waals surface area contributed by atoms with Crippen LogP contribution < -0.4 is 18.5 Å². The lowest BCUT2D eigenvalue weighted by Gasteiger charge is -2.21. The summed E-state index contributed by atoms with van der Waals surface area (Å²) in [6.07, 6.45) is 0.523. The molecule has 2 aromatic carbocycles. The molecule has 0 bridgehead atoms. The number of rotatable bonds is 11. The monoisotopic (exact) mass is 460 g/mol. The van der Waals surface area contributed by atoms with Crippen molar-refractivity contribution in [1.82, 2.24) is 0 Å². The Kier molecular flexibility index (Phi) is 8.81. The van der Waals surface area contributed by atoms with Crippen molar-refractivity contribution in [3.63, 3.8) is 0 Å². The van der Waals surface area contributed by atoms with Crippen LogP contribution in [0.15, 0.2) is 72.8 Å². The number of para-hydroxylation sites is 4. The zero-order valence-electron chi connectivity index (χ0n) is 18.2. The summed E-state index contributed by atoms with van der Waals surface area (Å²) in [5.74, 6) is -1.43. The number of hydrogen-bond acceptors (Lipinski definition) is 8. The van der Waals surface area contributed by atoms with Crippen molar-refractivity contribution >= 4 is 19.8 Å². The zero-order chi connectivity index (χ0) is 23.7. The lowest BCUT2D eigenvalue weighted by atomic mass is 10.3. The van der Waals surface area contributed by atoms with E-state index in [0.29, 0.717) is 6.42 Å². The van der Waals surface area contributed by atoms with Crippen molar-refractivity contribution in [2.24, 2.45) is 0 Å². The second kappa shape index (κ2) is 11.3. The maximum atomic E-state index is 13.5. The Morgan fingerprint density at radius 3 is 1.50 bits per heavy atom. The highest BCUT2D eigenvalue weighted by atomic mass is 31.2. The largest absolute Gasteiger partial charge is 0.587 e. The van der Waals surface area contributed by atoms with Gasteiger partial charge in [-0.2, -0.15) is 0 Å². The summed E-state index contributed by atoms with van der Waals surface area (Å²) >= 11 is 0. The maximum absolute atomic E-state index is 13.5. The van der Waals surface area contributed by atoms with Gasteiger partial charge in [-0.25, -0.2) is 14.2 Å². The molecule has 0 saturated carbocycles. The van der Waals surface area contributed by atoms with Crippen molar-refractivity contribution < 1.29 is 37.2 Å².